The van der Waals surface area contributed by atoms with Gasteiger partial charge in [0.2, 0.25) is 0 Å². The zero-order valence-electron chi connectivity index (χ0n) is 12.4. The third-order valence-corrected chi connectivity index (χ3v) is 4.06. The third kappa shape index (κ3) is 2.55. The van der Waals surface area contributed by atoms with E-state index in [0.29, 0.717) is 6.10 Å². The van der Waals surface area contributed by atoms with Crippen molar-refractivity contribution in [2.24, 2.45) is 0 Å². The van der Waals surface area contributed by atoms with Gasteiger partial charge in [0.05, 0.1) is 17.8 Å². The van der Waals surface area contributed by atoms with E-state index in [1.807, 2.05) is 23.7 Å². The van der Waals surface area contributed by atoms with Crippen molar-refractivity contribution in [2.75, 3.05) is 0 Å². The quantitative estimate of drug-likeness (QED) is 0.871. The van der Waals surface area contributed by atoms with Gasteiger partial charge in [-0.15, -0.1) is 0 Å². The lowest BCUT2D eigenvalue weighted by Gasteiger charge is -2.19. The fourth-order valence-electron chi connectivity index (χ4n) is 2.87. The van der Waals surface area contributed by atoms with Crippen molar-refractivity contribution in [3.8, 4) is 0 Å². The molecular weight excluding hydrogens is 252 g/mol. The van der Waals surface area contributed by atoms with E-state index in [1.165, 1.54) is 12.8 Å². The molecule has 2 aromatic heterocycles. The average Bonchev–Trinajstić information content (AvgIpc) is 3.05. The maximum absolute atomic E-state index is 5.78. The molecule has 0 spiro atoms. The minimum absolute atomic E-state index is 0.108. The Kier molecular flexibility index (Phi) is 3.72. The van der Waals surface area contributed by atoms with Gasteiger partial charge in [-0.25, -0.2) is 9.50 Å². The SMILES string of the molecule is Cc1cc2ncc(C(C)NOC3CCCC3)c(C)n2n1. The second-order valence-corrected chi connectivity index (χ2v) is 5.72. The molecule has 1 unspecified atom stereocenters. The van der Waals surface area contributed by atoms with E-state index in [1.54, 1.807) is 0 Å². The van der Waals surface area contributed by atoms with Crippen molar-refractivity contribution in [1.82, 2.24) is 20.1 Å². The summed E-state index contributed by atoms with van der Waals surface area (Å²) in [5, 5.41) is 4.48. The van der Waals surface area contributed by atoms with Crippen molar-refractivity contribution in [1.29, 1.82) is 0 Å². The molecule has 5 heteroatoms. The molecule has 1 fully saturated rings. The fourth-order valence-corrected chi connectivity index (χ4v) is 2.87. The maximum Gasteiger partial charge on any atom is 0.155 e. The zero-order chi connectivity index (χ0) is 14.1. The zero-order valence-corrected chi connectivity index (χ0v) is 12.4. The van der Waals surface area contributed by atoms with Gasteiger partial charge in [-0.3, -0.25) is 4.84 Å². The smallest absolute Gasteiger partial charge is 0.155 e. The average molecular weight is 274 g/mol. The summed E-state index contributed by atoms with van der Waals surface area (Å²) >= 11 is 0. The van der Waals surface area contributed by atoms with E-state index in [2.05, 4.69) is 29.4 Å². The monoisotopic (exact) mass is 274 g/mol. The van der Waals surface area contributed by atoms with Gasteiger partial charge in [0.1, 0.15) is 0 Å². The molecule has 3 rings (SSSR count). The molecule has 0 radical (unpaired) electrons. The molecule has 5 nitrogen and oxygen atoms in total. The van der Waals surface area contributed by atoms with Crippen LogP contribution in [0.4, 0.5) is 0 Å². The first-order chi connectivity index (χ1) is 9.65. The Bertz CT molecular complexity index is 601. The van der Waals surface area contributed by atoms with Gasteiger partial charge in [-0.05, 0) is 33.6 Å². The van der Waals surface area contributed by atoms with Gasteiger partial charge >= 0.3 is 0 Å². The summed E-state index contributed by atoms with van der Waals surface area (Å²) in [5.74, 6) is 0. The third-order valence-electron chi connectivity index (χ3n) is 4.06. The highest BCUT2D eigenvalue weighted by Crippen LogP contribution is 2.22. The van der Waals surface area contributed by atoms with E-state index >= 15 is 0 Å². The lowest BCUT2D eigenvalue weighted by atomic mass is 10.1. The van der Waals surface area contributed by atoms with Gasteiger partial charge in [0, 0.05) is 23.5 Å². The van der Waals surface area contributed by atoms with Crippen LogP contribution in [0.5, 0.6) is 0 Å². The molecule has 20 heavy (non-hydrogen) atoms. The van der Waals surface area contributed by atoms with Crippen LogP contribution in [-0.4, -0.2) is 20.7 Å². The molecule has 0 bridgehead atoms. The van der Waals surface area contributed by atoms with Crippen molar-refractivity contribution in [2.45, 2.75) is 58.6 Å². The van der Waals surface area contributed by atoms with Crippen molar-refractivity contribution in [3.05, 3.63) is 29.2 Å². The molecule has 2 aromatic rings. The Morgan fingerprint density at radius 2 is 2.10 bits per heavy atom. The highest BCUT2D eigenvalue weighted by Gasteiger charge is 2.18. The van der Waals surface area contributed by atoms with Crippen molar-refractivity contribution < 1.29 is 4.84 Å². The molecule has 0 amide bonds. The summed E-state index contributed by atoms with van der Waals surface area (Å²) in [6.07, 6.45) is 7.16. The molecule has 0 aliphatic heterocycles. The van der Waals surface area contributed by atoms with Crippen LogP contribution in [0.3, 0.4) is 0 Å². The summed E-state index contributed by atoms with van der Waals surface area (Å²) in [6, 6.07) is 2.10. The number of aryl methyl sites for hydroxylation is 2. The first-order valence-corrected chi connectivity index (χ1v) is 7.38. The van der Waals surface area contributed by atoms with Crippen molar-refractivity contribution >= 4 is 5.65 Å². The van der Waals surface area contributed by atoms with Crippen LogP contribution >= 0.6 is 0 Å². The van der Waals surface area contributed by atoms with Crippen LogP contribution in [0.25, 0.3) is 5.65 Å². The molecule has 1 atom stereocenters. The minimum Gasteiger partial charge on any atom is -0.298 e. The van der Waals surface area contributed by atoms with Gasteiger partial charge in [0.25, 0.3) is 0 Å². The van der Waals surface area contributed by atoms with Crippen LogP contribution in [-0.2, 0) is 4.84 Å². The molecule has 1 aliphatic rings. The number of rotatable bonds is 4. The van der Waals surface area contributed by atoms with Gasteiger partial charge in [-0.1, -0.05) is 12.8 Å². The largest absolute Gasteiger partial charge is 0.298 e. The van der Waals surface area contributed by atoms with Crippen LogP contribution in [0, 0.1) is 13.8 Å². The normalized spacial score (nSPS) is 17.9. The summed E-state index contributed by atoms with van der Waals surface area (Å²) in [4.78, 5) is 10.3. The topological polar surface area (TPSA) is 51.5 Å². The van der Waals surface area contributed by atoms with E-state index in [4.69, 9.17) is 4.84 Å². The number of nitrogens with zero attached hydrogens (tertiary/aromatic N) is 3. The van der Waals surface area contributed by atoms with Gasteiger partial charge in [0.15, 0.2) is 5.65 Å². The number of aromatic nitrogens is 3. The lowest BCUT2D eigenvalue weighted by Crippen LogP contribution is -2.25. The number of nitrogens with one attached hydrogen (secondary N) is 1. The lowest BCUT2D eigenvalue weighted by molar-refractivity contribution is -0.0379. The second kappa shape index (κ2) is 5.50. The second-order valence-electron chi connectivity index (χ2n) is 5.72. The standard InChI is InChI=1S/C15H22N4O/c1-10-8-15-16-9-14(12(3)19(15)17-10)11(2)18-20-13-6-4-5-7-13/h8-9,11,13,18H,4-7H2,1-3H3. The van der Waals surface area contributed by atoms with Crippen LogP contribution in [0.15, 0.2) is 12.3 Å². The molecule has 108 valence electrons. The molecule has 0 saturated heterocycles. The number of hydroxylamine groups is 1. The Hall–Kier alpha value is -1.46. The van der Waals surface area contributed by atoms with Gasteiger partial charge < -0.3 is 0 Å². The molecule has 1 N–H and O–H groups in total. The molecule has 1 aliphatic carbocycles. The molecule has 2 heterocycles. The number of hydrogen-bond acceptors (Lipinski definition) is 4. The van der Waals surface area contributed by atoms with Crippen LogP contribution < -0.4 is 5.48 Å². The van der Waals surface area contributed by atoms with Crippen molar-refractivity contribution in [3.63, 3.8) is 0 Å². The summed E-state index contributed by atoms with van der Waals surface area (Å²) in [5.41, 5.74) is 7.29. The highest BCUT2D eigenvalue weighted by molar-refractivity contribution is 5.42. The summed E-state index contributed by atoms with van der Waals surface area (Å²) in [7, 11) is 0. The predicted molar refractivity (Wildman–Crippen MR) is 77.4 cm³/mol. The molecule has 1 saturated carbocycles. The first-order valence-electron chi connectivity index (χ1n) is 7.38. The summed E-state index contributed by atoms with van der Waals surface area (Å²) in [6.45, 7) is 6.16. The van der Waals surface area contributed by atoms with E-state index in [-0.39, 0.29) is 6.04 Å². The van der Waals surface area contributed by atoms with Crippen LogP contribution in [0.2, 0.25) is 0 Å². The number of fused-ring (bicyclic) bond motifs is 1. The Morgan fingerprint density at radius 3 is 2.85 bits per heavy atom. The maximum atomic E-state index is 5.78. The summed E-state index contributed by atoms with van der Waals surface area (Å²) < 4.78 is 1.90. The minimum atomic E-state index is 0.108. The molecular formula is C15H22N4O. The Morgan fingerprint density at radius 1 is 1.35 bits per heavy atom. The Labute approximate surface area is 119 Å². The fraction of sp³-hybridized carbons (Fsp3) is 0.600. The first kappa shape index (κ1) is 13.5. The van der Waals surface area contributed by atoms with Crippen LogP contribution in [0.1, 0.15) is 55.6 Å². The van der Waals surface area contributed by atoms with Gasteiger partial charge in [-0.2, -0.15) is 10.6 Å². The number of hydrogen-bond donors (Lipinski definition) is 1. The highest BCUT2D eigenvalue weighted by atomic mass is 16.7. The predicted octanol–water partition coefficient (Wildman–Crippen LogP) is 2.87. The van der Waals surface area contributed by atoms with E-state index in [9.17, 15) is 0 Å². The Balaban J connectivity index is 1.76. The van der Waals surface area contributed by atoms with E-state index < -0.39 is 0 Å². The van der Waals surface area contributed by atoms with E-state index in [0.717, 1.165) is 35.4 Å². The molecule has 0 aromatic carbocycles.